The second kappa shape index (κ2) is 12.4. The summed E-state index contributed by atoms with van der Waals surface area (Å²) >= 11 is 0. The molecule has 3 rings (SSSR count). The largest absolute Gasteiger partial charge is 4.00 e. The molecule has 1 aliphatic rings. The van der Waals surface area contributed by atoms with Gasteiger partial charge in [-0.2, -0.15) is 5.57 Å². The summed E-state index contributed by atoms with van der Waals surface area (Å²) < 4.78 is 0. The Morgan fingerprint density at radius 2 is 1.00 bits per heavy atom. The minimum atomic E-state index is 0. The van der Waals surface area contributed by atoms with Crippen molar-refractivity contribution in [3.63, 3.8) is 0 Å². The topological polar surface area (TPSA) is 0 Å². The second-order valence-corrected chi connectivity index (χ2v) is 7.85. The average Bonchev–Trinajstić information content (AvgIpc) is 2.72. The van der Waals surface area contributed by atoms with Crippen molar-refractivity contribution in [2.45, 2.75) is 54.4 Å². The maximum atomic E-state index is 3.64. The van der Waals surface area contributed by atoms with Crippen LogP contribution in [0.3, 0.4) is 0 Å². The first-order valence-electron chi connectivity index (χ1n) is 9.23. The Bertz CT molecular complexity index is 805. The Labute approximate surface area is 210 Å². The van der Waals surface area contributed by atoms with Gasteiger partial charge in [-0.1, -0.05) is 78.4 Å². The first-order chi connectivity index (χ1) is 11.8. The van der Waals surface area contributed by atoms with E-state index in [4.69, 9.17) is 0 Å². The Kier molecular flexibility index (Phi) is 13.1. The van der Waals surface area contributed by atoms with Crippen LogP contribution in [0.4, 0.5) is 0 Å². The molecule has 1 aliphatic carbocycles. The summed E-state index contributed by atoms with van der Waals surface area (Å²) in [4.78, 5) is 0. The molecule has 0 bridgehead atoms. The summed E-state index contributed by atoms with van der Waals surface area (Å²) in [6.45, 7) is 15.5. The SMILES string of the molecule is CC1=[C-]C(C)C(C(c2cc(C)cc(C)c2)c2cc(C)cc(C)c2)=C1C.[Cl-].[Cl-].[Cl-].[Ti+4]. The van der Waals surface area contributed by atoms with Gasteiger partial charge < -0.3 is 37.2 Å². The van der Waals surface area contributed by atoms with E-state index in [1.807, 2.05) is 0 Å². The summed E-state index contributed by atoms with van der Waals surface area (Å²) in [5.41, 5.74) is 12.4. The van der Waals surface area contributed by atoms with E-state index in [0.29, 0.717) is 11.8 Å². The molecular formula is C25H29Cl3Ti. The predicted molar refractivity (Wildman–Crippen MR) is 108 cm³/mol. The molecule has 2 aromatic carbocycles. The standard InChI is InChI=1S/C25H29.3ClH.Ti/c1-15-8-16(2)11-22(10-15)25(23-12-17(3)9-18(4)13-23)24-20(6)14-19(5)21(24)7;;;;/h8-13,20,25H,1-7H3;3*1H;/q-1;;;;+4/p-3. The van der Waals surface area contributed by atoms with Crippen molar-refractivity contribution < 1.29 is 58.9 Å². The average molecular weight is 484 g/mol. The molecule has 0 heterocycles. The minimum Gasteiger partial charge on any atom is -1.00 e. The van der Waals surface area contributed by atoms with Crippen molar-refractivity contribution in [3.8, 4) is 0 Å². The van der Waals surface area contributed by atoms with Gasteiger partial charge in [-0.3, -0.25) is 6.08 Å². The van der Waals surface area contributed by atoms with Crippen molar-refractivity contribution >= 4 is 0 Å². The van der Waals surface area contributed by atoms with E-state index in [2.05, 4.69) is 90.9 Å². The van der Waals surface area contributed by atoms with Gasteiger partial charge in [0, 0.05) is 5.92 Å². The van der Waals surface area contributed by atoms with Gasteiger partial charge in [0.1, 0.15) is 0 Å². The fourth-order valence-corrected chi connectivity index (χ4v) is 4.42. The zero-order valence-corrected chi connectivity index (χ0v) is 22.1. The Morgan fingerprint density at radius 3 is 1.28 bits per heavy atom. The number of allylic oxidation sites excluding steroid dienone is 4. The van der Waals surface area contributed by atoms with E-state index in [0.717, 1.165) is 0 Å². The van der Waals surface area contributed by atoms with Crippen LogP contribution in [0.1, 0.15) is 60.1 Å². The Hall–Kier alpha value is -0.496. The molecule has 0 N–H and O–H groups in total. The van der Waals surface area contributed by atoms with Gasteiger partial charge in [0.05, 0.1) is 0 Å². The number of hydrogen-bond acceptors (Lipinski definition) is 0. The quantitative estimate of drug-likeness (QED) is 0.343. The number of hydrogen-bond donors (Lipinski definition) is 0. The van der Waals surface area contributed by atoms with E-state index in [-0.39, 0.29) is 58.9 Å². The molecule has 154 valence electrons. The summed E-state index contributed by atoms with van der Waals surface area (Å²) in [6.07, 6.45) is 3.64. The first kappa shape index (κ1) is 30.7. The third kappa shape index (κ3) is 6.74. The van der Waals surface area contributed by atoms with Gasteiger partial charge in [0.15, 0.2) is 0 Å². The normalized spacial score (nSPS) is 15.0. The van der Waals surface area contributed by atoms with Crippen LogP contribution < -0.4 is 37.2 Å². The molecule has 4 heteroatoms. The molecule has 0 spiro atoms. The second-order valence-electron chi connectivity index (χ2n) is 7.85. The molecule has 0 aliphatic heterocycles. The molecule has 0 saturated carbocycles. The van der Waals surface area contributed by atoms with E-state index in [1.54, 1.807) is 0 Å². The van der Waals surface area contributed by atoms with Crippen molar-refractivity contribution in [3.05, 3.63) is 92.6 Å². The van der Waals surface area contributed by atoms with Crippen molar-refractivity contribution in [1.29, 1.82) is 0 Å². The molecular weight excluding hydrogens is 455 g/mol. The maximum absolute atomic E-state index is 3.64. The van der Waals surface area contributed by atoms with E-state index in [9.17, 15) is 0 Å². The zero-order chi connectivity index (χ0) is 18.3. The monoisotopic (exact) mass is 482 g/mol. The van der Waals surface area contributed by atoms with Gasteiger partial charge in [-0.05, 0) is 38.8 Å². The van der Waals surface area contributed by atoms with Gasteiger partial charge >= 0.3 is 21.7 Å². The van der Waals surface area contributed by atoms with E-state index < -0.39 is 0 Å². The number of halogens is 3. The van der Waals surface area contributed by atoms with Crippen LogP contribution in [0.15, 0.2) is 53.1 Å². The van der Waals surface area contributed by atoms with Gasteiger partial charge in [0.2, 0.25) is 0 Å². The molecule has 1 atom stereocenters. The van der Waals surface area contributed by atoms with E-state index in [1.165, 1.54) is 50.1 Å². The van der Waals surface area contributed by atoms with Crippen molar-refractivity contribution in [2.24, 2.45) is 5.92 Å². The van der Waals surface area contributed by atoms with Crippen LogP contribution in [0.2, 0.25) is 0 Å². The van der Waals surface area contributed by atoms with Crippen LogP contribution in [-0.4, -0.2) is 0 Å². The van der Waals surface area contributed by atoms with Crippen LogP contribution in [0.25, 0.3) is 0 Å². The molecule has 29 heavy (non-hydrogen) atoms. The summed E-state index contributed by atoms with van der Waals surface area (Å²) in [5.74, 6) is 0.670. The summed E-state index contributed by atoms with van der Waals surface area (Å²) in [6, 6.07) is 14.0. The maximum Gasteiger partial charge on any atom is 4.00 e. The molecule has 1 unspecified atom stereocenters. The third-order valence-electron chi connectivity index (χ3n) is 5.36. The van der Waals surface area contributed by atoms with Gasteiger partial charge in [0.25, 0.3) is 0 Å². The predicted octanol–water partition coefficient (Wildman–Crippen LogP) is -2.22. The Morgan fingerprint density at radius 1 is 0.655 bits per heavy atom. The van der Waals surface area contributed by atoms with Crippen LogP contribution in [0.5, 0.6) is 0 Å². The van der Waals surface area contributed by atoms with Crippen LogP contribution >= 0.6 is 0 Å². The molecule has 0 nitrogen and oxygen atoms in total. The smallest absolute Gasteiger partial charge is 1.00 e. The molecule has 0 amide bonds. The van der Waals surface area contributed by atoms with E-state index >= 15 is 0 Å². The fraction of sp³-hybridized carbons (Fsp3) is 0.360. The van der Waals surface area contributed by atoms with Crippen LogP contribution in [-0.2, 0) is 21.7 Å². The zero-order valence-electron chi connectivity index (χ0n) is 18.3. The number of benzene rings is 2. The number of aryl methyl sites for hydroxylation is 4. The molecule has 0 aromatic heterocycles. The molecule has 0 saturated heterocycles. The minimum absolute atomic E-state index is 0. The molecule has 2 aromatic rings. The molecule has 0 fully saturated rings. The van der Waals surface area contributed by atoms with Crippen molar-refractivity contribution in [2.75, 3.05) is 0 Å². The fourth-order valence-electron chi connectivity index (χ4n) is 4.42. The first-order valence-corrected chi connectivity index (χ1v) is 9.23. The van der Waals surface area contributed by atoms with Crippen LogP contribution in [0, 0.1) is 39.7 Å². The molecule has 0 radical (unpaired) electrons. The summed E-state index contributed by atoms with van der Waals surface area (Å²) in [7, 11) is 0. The Balaban J connectivity index is 0. The van der Waals surface area contributed by atoms with Gasteiger partial charge in [-0.15, -0.1) is 12.5 Å². The summed E-state index contributed by atoms with van der Waals surface area (Å²) in [5, 5.41) is 0. The van der Waals surface area contributed by atoms with Gasteiger partial charge in [-0.25, -0.2) is 5.57 Å². The third-order valence-corrected chi connectivity index (χ3v) is 5.36. The van der Waals surface area contributed by atoms with Crippen molar-refractivity contribution in [1.82, 2.24) is 0 Å². The number of rotatable bonds is 3.